The number of Topliss-reactive ketones (excluding diaryl/α,β-unsaturated/α-hetero) is 1. The molecule has 0 rings (SSSR count). The number of ketones is 1. The third-order valence-corrected chi connectivity index (χ3v) is 1.44. The molecule has 0 aromatic rings. The Morgan fingerprint density at radius 2 is 1.85 bits per heavy atom. The topological polar surface area (TPSA) is 43.1 Å². The average Bonchev–Trinajstić information content (AvgIpc) is 2.03. The van der Waals surface area contributed by atoms with Crippen LogP contribution < -0.4 is 5.73 Å². The Bertz CT molecular complexity index is 170. The fourth-order valence-electron chi connectivity index (χ4n) is 0.605. The van der Waals surface area contributed by atoms with Gasteiger partial charge in [0.2, 0.25) is 0 Å². The summed E-state index contributed by atoms with van der Waals surface area (Å²) in [6, 6.07) is -0.0103. The van der Waals surface area contributed by atoms with Crippen molar-refractivity contribution >= 4 is 5.78 Å². The van der Waals surface area contributed by atoms with Gasteiger partial charge in [0, 0.05) is 12.5 Å². The standard InChI is InChI=1S/C8H15NO.C2H2.CH4/c1-6(2)8(9)5-4-7(3)10;1-2;/h8H,1,4-5,9H2,2-3H3;1-2H;1H4/t8-;;/m0../s1. The molecule has 0 aromatic carbocycles. The van der Waals surface area contributed by atoms with Crippen LogP contribution in [0.3, 0.4) is 0 Å². The molecular weight excluding hydrogens is 162 g/mol. The predicted molar refractivity (Wildman–Crippen MR) is 59.3 cm³/mol. The quantitative estimate of drug-likeness (QED) is 0.536. The molecule has 0 spiro atoms. The summed E-state index contributed by atoms with van der Waals surface area (Å²) in [6.07, 6.45) is 9.29. The van der Waals surface area contributed by atoms with Crippen molar-refractivity contribution in [2.75, 3.05) is 0 Å². The first-order valence-electron chi connectivity index (χ1n) is 3.77. The van der Waals surface area contributed by atoms with Gasteiger partial charge >= 0.3 is 0 Å². The molecule has 0 unspecified atom stereocenters. The number of nitrogens with two attached hydrogens (primary N) is 1. The molecule has 0 saturated carbocycles. The molecule has 0 radical (unpaired) electrons. The van der Waals surface area contributed by atoms with Crippen LogP contribution in [0.15, 0.2) is 12.2 Å². The highest BCUT2D eigenvalue weighted by molar-refractivity contribution is 5.75. The molecule has 2 nitrogen and oxygen atoms in total. The van der Waals surface area contributed by atoms with Crippen LogP contribution in [0.5, 0.6) is 0 Å². The van der Waals surface area contributed by atoms with Gasteiger partial charge in [-0.05, 0) is 20.3 Å². The highest BCUT2D eigenvalue weighted by Crippen LogP contribution is 2.02. The van der Waals surface area contributed by atoms with Gasteiger partial charge in [0.1, 0.15) is 5.78 Å². The summed E-state index contributed by atoms with van der Waals surface area (Å²) in [5, 5.41) is 0. The maximum Gasteiger partial charge on any atom is 0.129 e. The maximum absolute atomic E-state index is 10.5. The summed E-state index contributed by atoms with van der Waals surface area (Å²) in [4.78, 5) is 10.5. The minimum absolute atomic E-state index is 0. The summed E-state index contributed by atoms with van der Waals surface area (Å²) in [5.41, 5.74) is 6.56. The van der Waals surface area contributed by atoms with Crippen molar-refractivity contribution in [3.05, 3.63) is 12.2 Å². The van der Waals surface area contributed by atoms with E-state index in [0.717, 1.165) is 12.0 Å². The molecule has 0 saturated heterocycles. The van der Waals surface area contributed by atoms with E-state index in [9.17, 15) is 4.79 Å². The van der Waals surface area contributed by atoms with Crippen molar-refractivity contribution in [3.8, 4) is 12.8 Å². The van der Waals surface area contributed by atoms with Gasteiger partial charge in [-0.3, -0.25) is 0 Å². The van der Waals surface area contributed by atoms with E-state index in [1.807, 2.05) is 6.92 Å². The minimum Gasteiger partial charge on any atom is -0.324 e. The molecule has 1 atom stereocenters. The number of carbonyl (C=O) groups excluding carboxylic acids is 1. The highest BCUT2D eigenvalue weighted by atomic mass is 16.1. The van der Waals surface area contributed by atoms with Gasteiger partial charge in [0.25, 0.3) is 0 Å². The summed E-state index contributed by atoms with van der Waals surface area (Å²) >= 11 is 0. The number of hydrogen-bond acceptors (Lipinski definition) is 2. The fourth-order valence-corrected chi connectivity index (χ4v) is 0.605. The second-order valence-electron chi connectivity index (χ2n) is 2.69. The van der Waals surface area contributed by atoms with Crippen molar-refractivity contribution in [2.45, 2.75) is 40.2 Å². The molecule has 76 valence electrons. The van der Waals surface area contributed by atoms with Crippen molar-refractivity contribution < 1.29 is 4.79 Å². The summed E-state index contributed by atoms with van der Waals surface area (Å²) in [7, 11) is 0. The zero-order valence-electron chi connectivity index (χ0n) is 7.84. The zero-order chi connectivity index (χ0) is 10.1. The summed E-state index contributed by atoms with van der Waals surface area (Å²) in [5.74, 6) is 0.191. The van der Waals surface area contributed by atoms with Gasteiger partial charge < -0.3 is 10.5 Å². The molecule has 0 bridgehead atoms. The molecule has 0 aliphatic rings. The molecular formula is C11H21NO. The van der Waals surface area contributed by atoms with Crippen LogP contribution in [0.4, 0.5) is 0 Å². The summed E-state index contributed by atoms with van der Waals surface area (Å²) in [6.45, 7) is 7.15. The first kappa shape index (κ1) is 17.9. The first-order valence-corrected chi connectivity index (χ1v) is 3.77. The molecule has 0 aliphatic carbocycles. The van der Waals surface area contributed by atoms with Crippen molar-refractivity contribution in [2.24, 2.45) is 5.73 Å². The molecule has 0 amide bonds. The van der Waals surface area contributed by atoms with Crippen LogP contribution in [0.2, 0.25) is 0 Å². The Balaban J connectivity index is -0.000000309. The van der Waals surface area contributed by atoms with Crippen LogP contribution in [0, 0.1) is 12.8 Å². The normalized spacial score (nSPS) is 9.92. The molecule has 0 aliphatic heterocycles. The van der Waals surface area contributed by atoms with E-state index in [1.165, 1.54) is 0 Å². The predicted octanol–water partition coefficient (Wildman–Crippen LogP) is 2.14. The number of hydrogen-bond donors (Lipinski definition) is 1. The lowest BCUT2D eigenvalue weighted by atomic mass is 10.1. The number of terminal acetylenes is 1. The number of rotatable bonds is 4. The van der Waals surface area contributed by atoms with E-state index < -0.39 is 0 Å². The second kappa shape index (κ2) is 10.9. The third kappa shape index (κ3) is 13.9. The van der Waals surface area contributed by atoms with Gasteiger partial charge in [-0.2, -0.15) is 0 Å². The van der Waals surface area contributed by atoms with Crippen molar-refractivity contribution in [1.82, 2.24) is 0 Å². The largest absolute Gasteiger partial charge is 0.324 e. The minimum atomic E-state index is -0.0103. The van der Waals surface area contributed by atoms with E-state index in [4.69, 9.17) is 5.73 Å². The van der Waals surface area contributed by atoms with Gasteiger partial charge in [-0.1, -0.05) is 19.6 Å². The van der Waals surface area contributed by atoms with Gasteiger partial charge in [-0.25, -0.2) is 0 Å². The van der Waals surface area contributed by atoms with E-state index in [0.29, 0.717) is 6.42 Å². The molecule has 2 N–H and O–H groups in total. The van der Waals surface area contributed by atoms with Crippen LogP contribution >= 0.6 is 0 Å². The lowest BCUT2D eigenvalue weighted by molar-refractivity contribution is -0.117. The van der Waals surface area contributed by atoms with Gasteiger partial charge in [0.15, 0.2) is 0 Å². The monoisotopic (exact) mass is 183 g/mol. The van der Waals surface area contributed by atoms with Crippen LogP contribution in [-0.2, 0) is 4.79 Å². The third-order valence-electron chi connectivity index (χ3n) is 1.44. The highest BCUT2D eigenvalue weighted by Gasteiger charge is 2.03. The molecule has 0 fully saturated rings. The van der Waals surface area contributed by atoms with Crippen LogP contribution in [0.25, 0.3) is 0 Å². The van der Waals surface area contributed by atoms with Gasteiger partial charge in [-0.15, -0.1) is 12.8 Å². The second-order valence-corrected chi connectivity index (χ2v) is 2.69. The molecule has 13 heavy (non-hydrogen) atoms. The SMILES string of the molecule is C.C#C.C=C(C)[C@@H](N)CCC(C)=O. The van der Waals surface area contributed by atoms with Gasteiger partial charge in [0.05, 0.1) is 0 Å². The van der Waals surface area contributed by atoms with E-state index >= 15 is 0 Å². The molecule has 0 heterocycles. The maximum atomic E-state index is 10.5. The molecule has 0 aromatic heterocycles. The Hall–Kier alpha value is -1.07. The van der Waals surface area contributed by atoms with Crippen LogP contribution in [0.1, 0.15) is 34.1 Å². The first-order chi connectivity index (χ1) is 5.54. The molecule has 2 heteroatoms. The Labute approximate surface area is 82.2 Å². The van der Waals surface area contributed by atoms with E-state index in [2.05, 4.69) is 19.4 Å². The van der Waals surface area contributed by atoms with E-state index in [-0.39, 0.29) is 19.3 Å². The Morgan fingerprint density at radius 1 is 1.46 bits per heavy atom. The Kier molecular flexibility index (Phi) is 15.0. The average molecular weight is 183 g/mol. The lowest BCUT2D eigenvalue weighted by Crippen LogP contribution is -2.21. The fraction of sp³-hybridized carbons (Fsp3) is 0.545. The number of carbonyl (C=O) groups is 1. The zero-order valence-corrected chi connectivity index (χ0v) is 7.84. The van der Waals surface area contributed by atoms with Crippen molar-refractivity contribution in [3.63, 3.8) is 0 Å². The van der Waals surface area contributed by atoms with E-state index in [1.54, 1.807) is 6.92 Å². The summed E-state index contributed by atoms with van der Waals surface area (Å²) < 4.78 is 0. The lowest BCUT2D eigenvalue weighted by Gasteiger charge is -2.08. The van der Waals surface area contributed by atoms with Crippen LogP contribution in [-0.4, -0.2) is 11.8 Å². The van der Waals surface area contributed by atoms with Crippen molar-refractivity contribution in [1.29, 1.82) is 0 Å². The Morgan fingerprint density at radius 3 is 2.08 bits per heavy atom. The smallest absolute Gasteiger partial charge is 0.129 e.